The van der Waals surface area contributed by atoms with Crippen LogP contribution in [0.1, 0.15) is 17.2 Å². The van der Waals surface area contributed by atoms with E-state index in [1.54, 1.807) is 6.07 Å². The third kappa shape index (κ3) is 3.85. The number of nitrogens with one attached hydrogen (secondary N) is 1. The molecule has 2 rings (SSSR count). The van der Waals surface area contributed by atoms with Crippen molar-refractivity contribution in [1.29, 1.82) is 0 Å². The van der Waals surface area contributed by atoms with Crippen molar-refractivity contribution in [1.82, 2.24) is 5.32 Å². The summed E-state index contributed by atoms with van der Waals surface area (Å²) in [6, 6.07) is 10.8. The summed E-state index contributed by atoms with van der Waals surface area (Å²) in [5, 5.41) is 4.09. The quantitative estimate of drug-likeness (QED) is 0.663. The second-order valence-corrected chi connectivity index (χ2v) is 6.47. The maximum absolute atomic E-state index is 13.5. The predicted molar refractivity (Wildman–Crippen MR) is 91.1 cm³/mol. The highest BCUT2D eigenvalue weighted by atomic mass is 127. The molecule has 5 heteroatoms. The van der Waals surface area contributed by atoms with Crippen molar-refractivity contribution in [2.24, 2.45) is 0 Å². The number of halogens is 4. The first-order valence-corrected chi connectivity index (χ1v) is 7.91. The summed E-state index contributed by atoms with van der Waals surface area (Å²) in [5.74, 6) is -0.389. The molecule has 0 saturated heterocycles. The number of hydrogen-bond acceptors (Lipinski definition) is 1. The lowest BCUT2D eigenvalue weighted by Crippen LogP contribution is -2.20. The van der Waals surface area contributed by atoms with E-state index in [0.717, 1.165) is 14.7 Å². The third-order valence-corrected chi connectivity index (χ3v) is 4.63. The molecule has 0 saturated carbocycles. The summed E-state index contributed by atoms with van der Waals surface area (Å²) >= 11 is 14.0. The van der Waals surface area contributed by atoms with Crippen molar-refractivity contribution in [2.45, 2.75) is 12.5 Å². The van der Waals surface area contributed by atoms with Crippen molar-refractivity contribution >= 4 is 45.8 Å². The van der Waals surface area contributed by atoms with Crippen molar-refractivity contribution in [3.05, 3.63) is 67.0 Å². The Morgan fingerprint density at radius 1 is 1.20 bits per heavy atom. The smallest absolute Gasteiger partial charge is 0.142 e. The summed E-state index contributed by atoms with van der Waals surface area (Å²) < 4.78 is 14.6. The summed E-state index contributed by atoms with van der Waals surface area (Å²) in [4.78, 5) is 0. The van der Waals surface area contributed by atoms with Gasteiger partial charge in [-0.25, -0.2) is 4.39 Å². The second kappa shape index (κ2) is 7.07. The molecule has 0 amide bonds. The minimum Gasteiger partial charge on any atom is -0.313 e. The fraction of sp³-hybridized carbons (Fsp3) is 0.200. The van der Waals surface area contributed by atoms with Crippen LogP contribution in [0.2, 0.25) is 10.0 Å². The van der Waals surface area contributed by atoms with Crippen molar-refractivity contribution in [3.8, 4) is 0 Å². The summed E-state index contributed by atoms with van der Waals surface area (Å²) in [7, 11) is 1.88. The molecule has 20 heavy (non-hydrogen) atoms. The second-order valence-electron chi connectivity index (χ2n) is 4.46. The van der Waals surface area contributed by atoms with Gasteiger partial charge in [-0.3, -0.25) is 0 Å². The minimum absolute atomic E-state index is 0.0705. The number of benzene rings is 2. The molecule has 0 aromatic heterocycles. The van der Waals surface area contributed by atoms with Crippen molar-refractivity contribution in [3.63, 3.8) is 0 Å². The molecule has 2 aromatic carbocycles. The van der Waals surface area contributed by atoms with Gasteiger partial charge < -0.3 is 5.32 Å². The molecule has 0 spiro atoms. The van der Waals surface area contributed by atoms with Gasteiger partial charge >= 0.3 is 0 Å². The van der Waals surface area contributed by atoms with Gasteiger partial charge in [-0.05, 0) is 77.5 Å². The molecule has 1 nitrogen and oxygen atoms in total. The van der Waals surface area contributed by atoms with Gasteiger partial charge in [-0.1, -0.05) is 29.3 Å². The highest BCUT2D eigenvalue weighted by Gasteiger charge is 2.14. The standard InChI is InChI=1S/C15H13Cl2FIN/c1-20-15(11-8-10(16)3-5-14(11)19)7-9-2-4-12(17)13(18)6-9/h2-6,8,15,20H,7H2,1H3. The van der Waals surface area contributed by atoms with Crippen LogP contribution in [-0.2, 0) is 6.42 Å². The van der Waals surface area contributed by atoms with Crippen LogP contribution in [0.25, 0.3) is 0 Å². The van der Waals surface area contributed by atoms with E-state index in [0.29, 0.717) is 11.4 Å². The fourth-order valence-electron chi connectivity index (χ4n) is 2.05. The van der Waals surface area contributed by atoms with Gasteiger partial charge in [-0.15, -0.1) is 0 Å². The summed E-state index contributed by atoms with van der Waals surface area (Å²) in [6.07, 6.45) is 0.668. The molecular weight excluding hydrogens is 411 g/mol. The fourth-order valence-corrected chi connectivity index (χ4v) is 3.06. The molecular formula is C15H13Cl2FIN. The van der Waals surface area contributed by atoms with Gasteiger partial charge in [0, 0.05) is 14.6 Å². The lowest BCUT2D eigenvalue weighted by atomic mass is 9.99. The topological polar surface area (TPSA) is 12.0 Å². The molecule has 0 bridgehead atoms. The van der Waals surface area contributed by atoms with E-state index in [1.807, 2.05) is 31.3 Å². The van der Waals surface area contributed by atoms with E-state index in [4.69, 9.17) is 23.2 Å². The summed E-state index contributed by atoms with van der Waals surface area (Å²) in [6.45, 7) is 0. The Balaban J connectivity index is 2.28. The molecule has 0 heterocycles. The highest BCUT2D eigenvalue weighted by Crippen LogP contribution is 2.27. The lowest BCUT2D eigenvalue weighted by molar-refractivity contribution is 0.582. The Bertz CT molecular complexity index is 619. The first-order chi connectivity index (χ1) is 9.51. The Labute approximate surface area is 141 Å². The van der Waals surface area contributed by atoms with E-state index in [-0.39, 0.29) is 16.9 Å². The third-order valence-electron chi connectivity index (χ3n) is 3.11. The van der Waals surface area contributed by atoms with Crippen LogP contribution in [0, 0.1) is 9.39 Å². The van der Waals surface area contributed by atoms with Crippen molar-refractivity contribution in [2.75, 3.05) is 7.05 Å². The molecule has 0 aliphatic carbocycles. The molecule has 1 atom stereocenters. The minimum atomic E-state index is -0.389. The highest BCUT2D eigenvalue weighted by molar-refractivity contribution is 14.1. The van der Waals surface area contributed by atoms with Gasteiger partial charge in [0.25, 0.3) is 0 Å². The van der Waals surface area contributed by atoms with Crippen LogP contribution in [0.15, 0.2) is 36.4 Å². The molecule has 1 N–H and O–H groups in total. The van der Waals surface area contributed by atoms with E-state index in [1.165, 1.54) is 6.07 Å². The maximum atomic E-state index is 13.5. The maximum Gasteiger partial charge on any atom is 0.142 e. The first-order valence-electron chi connectivity index (χ1n) is 6.07. The predicted octanol–water partition coefficient (Wildman–Crippen LogP) is 5.24. The molecule has 0 radical (unpaired) electrons. The van der Waals surface area contributed by atoms with Gasteiger partial charge in [-0.2, -0.15) is 0 Å². The first kappa shape index (κ1) is 16.0. The zero-order valence-corrected chi connectivity index (χ0v) is 14.4. The molecule has 0 aliphatic rings. The van der Waals surface area contributed by atoms with Crippen LogP contribution >= 0.6 is 45.8 Å². The van der Waals surface area contributed by atoms with Crippen LogP contribution in [-0.4, -0.2) is 7.05 Å². The van der Waals surface area contributed by atoms with Gasteiger partial charge in [0.1, 0.15) is 5.82 Å². The molecule has 0 aliphatic heterocycles. The normalized spacial score (nSPS) is 12.4. The SMILES string of the molecule is CNC(Cc1ccc(Cl)c(F)c1)c1cc(Cl)ccc1I. The van der Waals surface area contributed by atoms with Crippen LogP contribution < -0.4 is 5.32 Å². The Morgan fingerprint density at radius 3 is 2.60 bits per heavy atom. The zero-order valence-electron chi connectivity index (χ0n) is 10.8. The number of rotatable bonds is 4. The van der Waals surface area contributed by atoms with Gasteiger partial charge in [0.15, 0.2) is 0 Å². The largest absolute Gasteiger partial charge is 0.313 e. The number of likely N-dealkylation sites (N-methyl/N-ethyl adjacent to an activating group) is 1. The zero-order chi connectivity index (χ0) is 14.7. The average Bonchev–Trinajstić information content (AvgIpc) is 2.43. The molecule has 1 unspecified atom stereocenters. The lowest BCUT2D eigenvalue weighted by Gasteiger charge is -2.19. The number of hydrogen-bond donors (Lipinski definition) is 1. The van der Waals surface area contributed by atoms with Crippen LogP contribution in [0.5, 0.6) is 0 Å². The van der Waals surface area contributed by atoms with E-state index >= 15 is 0 Å². The van der Waals surface area contributed by atoms with Gasteiger partial charge in [0.2, 0.25) is 0 Å². The van der Waals surface area contributed by atoms with E-state index in [2.05, 4.69) is 27.9 Å². The monoisotopic (exact) mass is 423 g/mol. The Hall–Kier alpha value is -0.360. The Morgan fingerprint density at radius 2 is 1.95 bits per heavy atom. The van der Waals surface area contributed by atoms with E-state index in [9.17, 15) is 4.39 Å². The molecule has 2 aromatic rings. The summed E-state index contributed by atoms with van der Waals surface area (Å²) in [5.41, 5.74) is 2.00. The van der Waals surface area contributed by atoms with Gasteiger partial charge in [0.05, 0.1) is 5.02 Å². The average molecular weight is 424 g/mol. The van der Waals surface area contributed by atoms with Crippen molar-refractivity contribution < 1.29 is 4.39 Å². The molecule has 106 valence electrons. The Kier molecular flexibility index (Phi) is 5.66. The van der Waals surface area contributed by atoms with Crippen LogP contribution in [0.4, 0.5) is 4.39 Å². The van der Waals surface area contributed by atoms with Crippen LogP contribution in [0.3, 0.4) is 0 Å². The van der Waals surface area contributed by atoms with E-state index < -0.39 is 0 Å². The molecule has 0 fully saturated rings.